The first kappa shape index (κ1) is 12.0. The fraction of sp³-hybridized carbons (Fsp3) is 0.429. The van der Waals surface area contributed by atoms with Crippen LogP contribution in [-0.4, -0.2) is 29.1 Å². The van der Waals surface area contributed by atoms with Gasteiger partial charge in [0, 0.05) is 20.2 Å². The molecule has 1 rings (SSSR count). The van der Waals surface area contributed by atoms with Crippen LogP contribution in [0.5, 0.6) is 0 Å². The Labute approximate surface area is 89.0 Å². The molecule has 0 spiro atoms. The Hall–Kier alpha value is -1.08. The van der Waals surface area contributed by atoms with Gasteiger partial charge in [0.1, 0.15) is 11.0 Å². The van der Waals surface area contributed by atoms with Gasteiger partial charge in [-0.25, -0.2) is 15.0 Å². The van der Waals surface area contributed by atoms with Crippen LogP contribution in [0.25, 0.3) is 0 Å². The van der Waals surface area contributed by atoms with Crippen LogP contribution in [0.4, 0.5) is 19.0 Å². The van der Waals surface area contributed by atoms with Gasteiger partial charge in [0.2, 0.25) is 5.82 Å². The molecule has 0 aliphatic rings. The Kier molecular flexibility index (Phi) is 3.35. The van der Waals surface area contributed by atoms with Crippen molar-refractivity contribution in [3.63, 3.8) is 0 Å². The molecular weight excluding hydrogens is 233 g/mol. The normalized spacial score (nSPS) is 11.9. The Morgan fingerprint density at radius 3 is 2.40 bits per heavy atom. The van der Waals surface area contributed by atoms with E-state index in [-0.39, 0.29) is 11.0 Å². The molecule has 0 aromatic carbocycles. The van der Waals surface area contributed by atoms with E-state index in [1.54, 1.807) is 14.1 Å². The summed E-state index contributed by atoms with van der Waals surface area (Å²) in [7, 11) is 3.23. The second-order valence-electron chi connectivity index (χ2n) is 2.90. The van der Waals surface area contributed by atoms with E-state index in [1.807, 2.05) is 0 Å². The molecule has 0 bridgehead atoms. The summed E-state index contributed by atoms with van der Waals surface area (Å²) in [5, 5.41) is 1.18. The number of anilines is 1. The maximum Gasteiger partial charge on any atom is 0.451 e. The lowest BCUT2D eigenvalue weighted by Crippen LogP contribution is -2.22. The van der Waals surface area contributed by atoms with Gasteiger partial charge in [-0.3, -0.25) is 0 Å². The van der Waals surface area contributed by atoms with Crippen molar-refractivity contribution in [2.45, 2.75) is 6.18 Å². The van der Waals surface area contributed by atoms with Crippen LogP contribution >= 0.6 is 11.6 Å². The van der Waals surface area contributed by atoms with Gasteiger partial charge in [-0.1, -0.05) is 11.6 Å². The lowest BCUT2D eigenvalue weighted by Gasteiger charge is -2.14. The Bertz CT molecular complexity index is 353. The van der Waals surface area contributed by atoms with Crippen molar-refractivity contribution in [3.05, 3.63) is 17.0 Å². The van der Waals surface area contributed by atoms with Gasteiger partial charge in [-0.05, 0) is 0 Å². The predicted molar refractivity (Wildman–Crippen MR) is 49.4 cm³/mol. The van der Waals surface area contributed by atoms with Crippen LogP contribution in [0.3, 0.4) is 0 Å². The molecule has 0 atom stereocenters. The third-order valence-corrected chi connectivity index (χ3v) is 1.48. The minimum Gasteiger partial charge on any atom is -0.303 e. The first-order valence-corrected chi connectivity index (χ1v) is 4.22. The average Bonchev–Trinajstić information content (AvgIpc) is 1.99. The number of halogens is 4. The fourth-order valence-corrected chi connectivity index (χ4v) is 1.01. The summed E-state index contributed by atoms with van der Waals surface area (Å²) in [5.41, 5.74) is 2.56. The highest BCUT2D eigenvalue weighted by Crippen LogP contribution is 2.28. The van der Waals surface area contributed by atoms with Crippen molar-refractivity contribution in [2.75, 3.05) is 19.5 Å². The van der Waals surface area contributed by atoms with E-state index in [0.29, 0.717) is 0 Å². The molecule has 0 amide bonds. The topological polar surface area (TPSA) is 41.0 Å². The average molecular weight is 241 g/mol. The molecule has 0 aliphatic carbocycles. The van der Waals surface area contributed by atoms with Gasteiger partial charge in [-0.2, -0.15) is 13.2 Å². The third kappa shape index (κ3) is 3.52. The van der Waals surface area contributed by atoms with Gasteiger partial charge >= 0.3 is 6.18 Å². The lowest BCUT2D eigenvalue weighted by atomic mass is 10.5. The van der Waals surface area contributed by atoms with Crippen molar-refractivity contribution >= 4 is 17.4 Å². The molecule has 1 aromatic rings. The standard InChI is InChI=1S/C7H8ClF3N4/c1-15(2)14-5-3-4(8)12-6(13-5)7(9,10)11/h3H,1-2H3,(H,12,13,14). The maximum absolute atomic E-state index is 12.3. The molecule has 84 valence electrons. The van der Waals surface area contributed by atoms with Crippen molar-refractivity contribution in [1.29, 1.82) is 0 Å². The maximum atomic E-state index is 12.3. The van der Waals surface area contributed by atoms with Gasteiger partial charge in [0.05, 0.1) is 0 Å². The highest BCUT2D eigenvalue weighted by atomic mass is 35.5. The molecule has 1 N–H and O–H groups in total. The second kappa shape index (κ2) is 4.19. The largest absolute Gasteiger partial charge is 0.451 e. The highest BCUT2D eigenvalue weighted by molar-refractivity contribution is 6.29. The van der Waals surface area contributed by atoms with Crippen LogP contribution in [-0.2, 0) is 6.18 Å². The van der Waals surface area contributed by atoms with Crippen LogP contribution < -0.4 is 5.43 Å². The SMILES string of the molecule is CN(C)Nc1cc(Cl)nc(C(F)(F)F)n1. The van der Waals surface area contributed by atoms with Gasteiger partial charge < -0.3 is 5.43 Å². The molecule has 15 heavy (non-hydrogen) atoms. The summed E-state index contributed by atoms with van der Waals surface area (Å²) in [6, 6.07) is 1.21. The second-order valence-corrected chi connectivity index (χ2v) is 3.29. The highest BCUT2D eigenvalue weighted by Gasteiger charge is 2.35. The van der Waals surface area contributed by atoms with Gasteiger partial charge in [-0.15, -0.1) is 0 Å². The number of hydrogen-bond donors (Lipinski definition) is 1. The molecular formula is C7H8ClF3N4. The summed E-state index contributed by atoms with van der Waals surface area (Å²) in [6.45, 7) is 0. The van der Waals surface area contributed by atoms with E-state index in [2.05, 4.69) is 15.4 Å². The molecule has 0 saturated carbocycles. The van der Waals surface area contributed by atoms with Crippen molar-refractivity contribution in [2.24, 2.45) is 0 Å². The third-order valence-electron chi connectivity index (χ3n) is 1.29. The van der Waals surface area contributed by atoms with E-state index >= 15 is 0 Å². The number of aromatic nitrogens is 2. The van der Waals surface area contributed by atoms with Crippen LogP contribution in [0.15, 0.2) is 6.07 Å². The van der Waals surface area contributed by atoms with E-state index in [0.717, 1.165) is 0 Å². The van der Waals surface area contributed by atoms with Crippen molar-refractivity contribution < 1.29 is 13.2 Å². The zero-order chi connectivity index (χ0) is 11.6. The Morgan fingerprint density at radius 2 is 1.93 bits per heavy atom. The van der Waals surface area contributed by atoms with E-state index in [9.17, 15) is 13.2 Å². The summed E-state index contributed by atoms with van der Waals surface area (Å²) < 4.78 is 36.8. The lowest BCUT2D eigenvalue weighted by molar-refractivity contribution is -0.144. The van der Waals surface area contributed by atoms with Crippen LogP contribution in [0.1, 0.15) is 5.82 Å². The van der Waals surface area contributed by atoms with Gasteiger partial charge in [0.25, 0.3) is 0 Å². The van der Waals surface area contributed by atoms with E-state index in [1.165, 1.54) is 11.1 Å². The van der Waals surface area contributed by atoms with Crippen molar-refractivity contribution in [3.8, 4) is 0 Å². The molecule has 0 radical (unpaired) electrons. The van der Waals surface area contributed by atoms with Crippen LogP contribution in [0, 0.1) is 0 Å². The number of hydrogen-bond acceptors (Lipinski definition) is 4. The molecule has 0 aliphatic heterocycles. The molecule has 0 fully saturated rings. The minimum atomic E-state index is -4.60. The van der Waals surface area contributed by atoms with Crippen LogP contribution in [0.2, 0.25) is 5.15 Å². The summed E-state index contributed by atoms with van der Waals surface area (Å²) in [5.74, 6) is -1.27. The zero-order valence-corrected chi connectivity index (χ0v) is 8.69. The molecule has 1 heterocycles. The Balaban J connectivity index is 3.06. The first-order chi connectivity index (χ1) is 6.79. The monoisotopic (exact) mass is 240 g/mol. The first-order valence-electron chi connectivity index (χ1n) is 3.85. The Morgan fingerprint density at radius 1 is 1.33 bits per heavy atom. The smallest absolute Gasteiger partial charge is 0.303 e. The summed E-state index contributed by atoms with van der Waals surface area (Å²) in [6.07, 6.45) is -4.60. The number of hydrazine groups is 1. The summed E-state index contributed by atoms with van der Waals surface area (Å²) in [4.78, 5) is 6.35. The van der Waals surface area contributed by atoms with Crippen molar-refractivity contribution in [1.82, 2.24) is 15.0 Å². The molecule has 8 heteroatoms. The zero-order valence-electron chi connectivity index (χ0n) is 7.93. The minimum absolute atomic E-state index is 0.00711. The van der Waals surface area contributed by atoms with E-state index < -0.39 is 12.0 Å². The molecule has 4 nitrogen and oxygen atoms in total. The number of alkyl halides is 3. The predicted octanol–water partition coefficient (Wildman–Crippen LogP) is 2.04. The fourth-order valence-electron chi connectivity index (χ4n) is 0.831. The van der Waals surface area contributed by atoms with Gasteiger partial charge in [0.15, 0.2) is 0 Å². The molecule has 0 saturated heterocycles. The molecule has 0 unspecified atom stereocenters. The number of nitrogens with one attached hydrogen (secondary N) is 1. The summed E-state index contributed by atoms with van der Waals surface area (Å²) >= 11 is 5.43. The quantitative estimate of drug-likeness (QED) is 0.634. The molecule has 1 aromatic heterocycles. The van der Waals surface area contributed by atoms with E-state index in [4.69, 9.17) is 11.6 Å². The number of rotatable bonds is 2. The number of nitrogens with zero attached hydrogens (tertiary/aromatic N) is 3.